The van der Waals surface area contributed by atoms with Crippen LogP contribution in [0.25, 0.3) is 0 Å². The number of benzene rings is 1. The van der Waals surface area contributed by atoms with Gasteiger partial charge in [0.1, 0.15) is 6.10 Å². The highest BCUT2D eigenvalue weighted by Gasteiger charge is 2.64. The standard InChI is InChI=1S/C34H43F5O5/c1-19(11-14-33(35,36)29(41)42)24-9-10-25-28-26(12-13-31(24,25)4)30(3)15-16-32(43,18-23(30)17-27(28)44-20(2)40)21-5-7-22(8-6-21)34(37,38)39/h5-8,11,14,19,23-28,43H,9-10,12-13,15-18H2,1-4H3,(H,41,42)/t19?,23-,24-,25+,26+,27-,28+,30+,31-,32+/m1/s1. The van der Waals surface area contributed by atoms with Crippen LogP contribution in [0.2, 0.25) is 0 Å². The molecule has 5 rings (SSSR count). The highest BCUT2D eigenvalue weighted by molar-refractivity contribution is 5.77. The van der Waals surface area contributed by atoms with E-state index < -0.39 is 35.3 Å². The number of aliphatic hydroxyl groups is 1. The number of esters is 1. The SMILES string of the molecule is CC(=O)O[C@@H]1C[C@@H]2C[C@](O)(c3ccc(C(F)(F)F)cc3)CC[C@]2(C)[C@H]2CC[C@]3(C)[C@@H](C(C)C=CC(F)(F)C(=O)O)CC[C@H]3[C@H]12. The van der Waals surface area contributed by atoms with Gasteiger partial charge >= 0.3 is 24.0 Å². The maximum atomic E-state index is 13.8. The molecule has 4 saturated carbocycles. The van der Waals surface area contributed by atoms with Crippen molar-refractivity contribution in [3.05, 3.63) is 47.5 Å². The first kappa shape index (κ1) is 32.9. The molecule has 44 heavy (non-hydrogen) atoms. The second kappa shape index (κ2) is 11.1. The molecular weight excluding hydrogens is 583 g/mol. The van der Waals surface area contributed by atoms with Gasteiger partial charge in [-0.3, -0.25) is 4.79 Å². The summed E-state index contributed by atoms with van der Waals surface area (Å²) in [5.74, 6) is -6.28. The fourth-order valence-electron chi connectivity index (χ4n) is 10.1. The van der Waals surface area contributed by atoms with Crippen LogP contribution in [0.5, 0.6) is 0 Å². The van der Waals surface area contributed by atoms with Gasteiger partial charge in [0.25, 0.3) is 0 Å². The number of hydrogen-bond donors (Lipinski definition) is 2. The zero-order valence-electron chi connectivity index (χ0n) is 25.7. The van der Waals surface area contributed by atoms with E-state index in [9.17, 15) is 36.6 Å². The third kappa shape index (κ3) is 5.58. The molecule has 4 aliphatic carbocycles. The number of aliphatic carboxylic acids is 1. The summed E-state index contributed by atoms with van der Waals surface area (Å²) in [4.78, 5) is 23.3. The highest BCUT2D eigenvalue weighted by atomic mass is 19.4. The van der Waals surface area contributed by atoms with Gasteiger partial charge in [0.2, 0.25) is 0 Å². The molecule has 244 valence electrons. The fourth-order valence-corrected chi connectivity index (χ4v) is 10.1. The Morgan fingerprint density at radius 2 is 1.61 bits per heavy atom. The van der Waals surface area contributed by atoms with Crippen molar-refractivity contribution in [1.29, 1.82) is 0 Å². The summed E-state index contributed by atoms with van der Waals surface area (Å²) < 4.78 is 73.3. The highest BCUT2D eigenvalue weighted by Crippen LogP contribution is 2.69. The summed E-state index contributed by atoms with van der Waals surface area (Å²) in [7, 11) is 0. The summed E-state index contributed by atoms with van der Waals surface area (Å²) in [5.41, 5.74) is -1.97. The van der Waals surface area contributed by atoms with Crippen LogP contribution in [0.15, 0.2) is 36.4 Å². The third-order valence-corrected chi connectivity index (χ3v) is 12.4. The number of halogens is 5. The van der Waals surface area contributed by atoms with E-state index >= 15 is 0 Å². The summed E-state index contributed by atoms with van der Waals surface area (Å²) in [6, 6.07) is 4.76. The lowest BCUT2D eigenvalue weighted by atomic mass is 9.42. The number of alkyl halides is 5. The minimum atomic E-state index is -4.46. The Hall–Kier alpha value is -2.49. The summed E-state index contributed by atoms with van der Waals surface area (Å²) in [6.07, 6.45) is 2.33. The zero-order valence-corrected chi connectivity index (χ0v) is 25.7. The Kier molecular flexibility index (Phi) is 8.29. The Morgan fingerprint density at radius 3 is 2.20 bits per heavy atom. The molecule has 4 aliphatic rings. The van der Waals surface area contributed by atoms with E-state index in [0.29, 0.717) is 37.3 Å². The summed E-state index contributed by atoms with van der Waals surface area (Å²) >= 11 is 0. The van der Waals surface area contributed by atoms with Crippen LogP contribution in [0.3, 0.4) is 0 Å². The summed E-state index contributed by atoms with van der Waals surface area (Å²) in [5, 5.41) is 20.6. The number of carbonyl (C=O) groups excluding carboxylic acids is 1. The molecule has 1 aromatic carbocycles. The second-order valence-corrected chi connectivity index (χ2v) is 14.6. The van der Waals surface area contributed by atoms with Crippen molar-refractivity contribution >= 4 is 11.9 Å². The smallest absolute Gasteiger partial charge is 0.416 e. The molecule has 0 bridgehead atoms. The van der Waals surface area contributed by atoms with Gasteiger partial charge in [-0.1, -0.05) is 39.0 Å². The van der Waals surface area contributed by atoms with Crippen molar-refractivity contribution < 1.29 is 46.5 Å². The molecular formula is C34H43F5O5. The number of allylic oxidation sites excluding steroid dienone is 1. The lowest BCUT2D eigenvalue weighted by Crippen LogP contribution is -2.60. The number of rotatable bonds is 6. The van der Waals surface area contributed by atoms with Gasteiger partial charge in [0.15, 0.2) is 0 Å². The van der Waals surface area contributed by atoms with E-state index in [2.05, 4.69) is 13.8 Å². The topological polar surface area (TPSA) is 83.8 Å². The van der Waals surface area contributed by atoms with Gasteiger partial charge in [-0.2, -0.15) is 22.0 Å². The first-order valence-corrected chi connectivity index (χ1v) is 15.7. The number of hydrogen-bond acceptors (Lipinski definition) is 4. The van der Waals surface area contributed by atoms with Gasteiger partial charge < -0.3 is 14.9 Å². The average Bonchev–Trinajstić information content (AvgIpc) is 3.29. The minimum Gasteiger partial charge on any atom is -0.477 e. The number of carboxylic acid groups (broad SMARTS) is 1. The lowest BCUT2D eigenvalue weighted by molar-refractivity contribution is -0.204. The molecule has 0 aromatic heterocycles. The van der Waals surface area contributed by atoms with Gasteiger partial charge in [-0.25, -0.2) is 4.79 Å². The van der Waals surface area contributed by atoms with Gasteiger partial charge in [0, 0.05) is 12.8 Å². The molecule has 10 atom stereocenters. The summed E-state index contributed by atoms with van der Waals surface area (Å²) in [6.45, 7) is 7.70. The molecule has 1 aromatic rings. The van der Waals surface area contributed by atoms with E-state index in [-0.39, 0.29) is 52.3 Å². The number of carbonyl (C=O) groups is 2. The normalized spacial score (nSPS) is 39.7. The molecule has 4 fully saturated rings. The van der Waals surface area contributed by atoms with E-state index in [4.69, 9.17) is 9.84 Å². The van der Waals surface area contributed by atoms with Crippen LogP contribution in [0, 0.1) is 46.3 Å². The molecule has 0 radical (unpaired) electrons. The molecule has 0 amide bonds. The third-order valence-electron chi connectivity index (χ3n) is 12.4. The Labute approximate surface area is 255 Å². The molecule has 0 heterocycles. The molecule has 2 N–H and O–H groups in total. The van der Waals surface area contributed by atoms with Crippen LogP contribution in [-0.4, -0.2) is 34.2 Å². The van der Waals surface area contributed by atoms with E-state index in [1.165, 1.54) is 25.1 Å². The fraction of sp³-hybridized carbons (Fsp3) is 0.706. The van der Waals surface area contributed by atoms with Crippen molar-refractivity contribution in [3.8, 4) is 0 Å². The van der Waals surface area contributed by atoms with Gasteiger partial charge in [-0.15, -0.1) is 0 Å². The van der Waals surface area contributed by atoms with Crippen molar-refractivity contribution in [2.24, 2.45) is 46.3 Å². The Morgan fingerprint density at radius 1 is 0.977 bits per heavy atom. The Balaban J connectivity index is 1.41. The zero-order chi connectivity index (χ0) is 32.5. The van der Waals surface area contributed by atoms with Crippen LogP contribution < -0.4 is 0 Å². The monoisotopic (exact) mass is 626 g/mol. The van der Waals surface area contributed by atoms with E-state index in [1.54, 1.807) is 0 Å². The molecule has 0 saturated heterocycles. The number of carboxylic acids is 1. The molecule has 0 spiro atoms. The maximum Gasteiger partial charge on any atom is 0.416 e. The second-order valence-electron chi connectivity index (χ2n) is 14.6. The largest absolute Gasteiger partial charge is 0.477 e. The maximum absolute atomic E-state index is 13.8. The van der Waals surface area contributed by atoms with Crippen molar-refractivity contribution in [1.82, 2.24) is 0 Å². The molecule has 1 unspecified atom stereocenters. The van der Waals surface area contributed by atoms with E-state index in [1.807, 2.05) is 6.92 Å². The van der Waals surface area contributed by atoms with Crippen LogP contribution in [0.4, 0.5) is 22.0 Å². The van der Waals surface area contributed by atoms with Crippen LogP contribution in [0.1, 0.15) is 90.2 Å². The molecule has 10 heteroatoms. The minimum absolute atomic E-state index is 0.0178. The van der Waals surface area contributed by atoms with Crippen molar-refractivity contribution in [2.45, 2.75) is 103 Å². The Bertz CT molecular complexity index is 1290. The van der Waals surface area contributed by atoms with E-state index in [0.717, 1.165) is 37.8 Å². The number of ether oxygens (including phenoxy) is 1. The molecule has 0 aliphatic heterocycles. The van der Waals surface area contributed by atoms with Gasteiger partial charge in [-0.05, 0) is 116 Å². The predicted molar refractivity (Wildman–Crippen MR) is 152 cm³/mol. The first-order valence-electron chi connectivity index (χ1n) is 15.7. The number of fused-ring (bicyclic) bond motifs is 5. The molecule has 5 nitrogen and oxygen atoms in total. The van der Waals surface area contributed by atoms with Crippen molar-refractivity contribution in [3.63, 3.8) is 0 Å². The van der Waals surface area contributed by atoms with Crippen LogP contribution >= 0.6 is 0 Å². The first-order chi connectivity index (χ1) is 20.3. The van der Waals surface area contributed by atoms with Crippen LogP contribution in [-0.2, 0) is 26.1 Å². The lowest BCUT2D eigenvalue weighted by Gasteiger charge is -2.63. The average molecular weight is 627 g/mol. The quantitative estimate of drug-likeness (QED) is 0.190. The van der Waals surface area contributed by atoms with Crippen molar-refractivity contribution in [2.75, 3.05) is 0 Å². The van der Waals surface area contributed by atoms with Gasteiger partial charge in [0.05, 0.1) is 11.2 Å². The predicted octanol–water partition coefficient (Wildman–Crippen LogP) is 8.01.